The van der Waals surface area contributed by atoms with Crippen molar-refractivity contribution in [2.45, 2.75) is 42.1 Å². The van der Waals surface area contributed by atoms with E-state index in [4.69, 9.17) is 30.0 Å². The molecule has 14 nitrogen and oxygen atoms in total. The summed E-state index contributed by atoms with van der Waals surface area (Å²) in [5, 5.41) is 11.0. The molecule has 1 aliphatic carbocycles. The van der Waals surface area contributed by atoms with Gasteiger partial charge in [0, 0.05) is 38.6 Å². The van der Waals surface area contributed by atoms with Crippen LogP contribution in [-0.2, 0) is 28.8 Å². The first kappa shape index (κ1) is 31.1. The first-order chi connectivity index (χ1) is 21.7. The van der Waals surface area contributed by atoms with Crippen LogP contribution in [0.3, 0.4) is 0 Å². The summed E-state index contributed by atoms with van der Waals surface area (Å²) >= 11 is 0. The monoisotopic (exact) mass is 638 g/mol. The van der Waals surface area contributed by atoms with E-state index in [1.54, 1.807) is 18.0 Å². The van der Waals surface area contributed by atoms with Gasteiger partial charge in [-0.1, -0.05) is 18.2 Å². The number of nitrogens with one attached hydrogen (secondary N) is 1. The number of amides is 1. The SMILES string of the molecule is COCCOC1(C(=O)NN2CCOCC2)CCC(c2nc3c(-c4ccn(-c5ccccc5)n4)cnn3c(N)c2S(C)(=O)=O)CC1. The van der Waals surface area contributed by atoms with Crippen LogP contribution < -0.4 is 11.2 Å². The topological polar surface area (TPSA) is 168 Å². The average Bonchev–Trinajstić information content (AvgIpc) is 3.70. The van der Waals surface area contributed by atoms with Crippen LogP contribution in [0, 0.1) is 0 Å². The third-order valence-corrected chi connectivity index (χ3v) is 9.61. The largest absolute Gasteiger partial charge is 0.382 e. The summed E-state index contributed by atoms with van der Waals surface area (Å²) in [5.74, 6) is -0.524. The third kappa shape index (κ3) is 6.31. The number of sulfone groups is 1. The molecule has 240 valence electrons. The molecule has 0 unspecified atom stereocenters. The van der Waals surface area contributed by atoms with E-state index in [1.807, 2.05) is 47.6 Å². The van der Waals surface area contributed by atoms with Crippen LogP contribution in [0.1, 0.15) is 37.3 Å². The van der Waals surface area contributed by atoms with Crippen LogP contribution in [0.5, 0.6) is 0 Å². The molecule has 0 radical (unpaired) electrons. The minimum atomic E-state index is -3.79. The number of anilines is 1. The first-order valence-electron chi connectivity index (χ1n) is 15.0. The number of fused-ring (bicyclic) bond motifs is 1. The number of hydrazine groups is 1. The number of benzene rings is 1. The molecular weight excluding hydrogens is 600 g/mol. The second-order valence-corrected chi connectivity index (χ2v) is 13.4. The number of hydrogen-bond acceptors (Lipinski definition) is 11. The van der Waals surface area contributed by atoms with Gasteiger partial charge >= 0.3 is 0 Å². The van der Waals surface area contributed by atoms with Crippen molar-refractivity contribution in [3.63, 3.8) is 0 Å². The van der Waals surface area contributed by atoms with Crippen molar-refractivity contribution < 1.29 is 27.4 Å². The Hall–Kier alpha value is -3.89. The zero-order valence-corrected chi connectivity index (χ0v) is 26.2. The lowest BCUT2D eigenvalue weighted by Gasteiger charge is -2.40. The Morgan fingerprint density at radius 3 is 2.56 bits per heavy atom. The van der Waals surface area contributed by atoms with Gasteiger partial charge in [0.05, 0.1) is 55.3 Å². The van der Waals surface area contributed by atoms with Gasteiger partial charge in [-0.2, -0.15) is 14.7 Å². The third-order valence-electron chi connectivity index (χ3n) is 8.45. The lowest BCUT2D eigenvalue weighted by molar-refractivity contribution is -0.161. The summed E-state index contributed by atoms with van der Waals surface area (Å²) < 4.78 is 46.2. The maximum Gasteiger partial charge on any atom is 0.266 e. The highest BCUT2D eigenvalue weighted by Gasteiger charge is 2.45. The normalized spacial score (nSPS) is 21.2. The number of methoxy groups -OCH3 is 1. The molecule has 15 heteroatoms. The van der Waals surface area contributed by atoms with Crippen LogP contribution >= 0.6 is 0 Å². The highest BCUT2D eigenvalue weighted by atomic mass is 32.2. The number of para-hydroxylation sites is 1. The fraction of sp³-hybridized carbons (Fsp3) is 0.467. The summed E-state index contributed by atoms with van der Waals surface area (Å²) in [7, 11) is -2.21. The number of nitrogen functional groups attached to an aromatic ring is 1. The van der Waals surface area contributed by atoms with Crippen molar-refractivity contribution in [1.29, 1.82) is 0 Å². The van der Waals surface area contributed by atoms with E-state index in [2.05, 4.69) is 10.5 Å². The highest BCUT2D eigenvalue weighted by Crippen LogP contribution is 2.43. The molecule has 1 saturated carbocycles. The molecule has 1 aliphatic heterocycles. The fourth-order valence-electron chi connectivity index (χ4n) is 6.08. The average molecular weight is 639 g/mol. The molecule has 0 bridgehead atoms. The number of hydrogen-bond donors (Lipinski definition) is 2. The van der Waals surface area contributed by atoms with Crippen LogP contribution in [0.25, 0.3) is 22.6 Å². The molecule has 2 fully saturated rings. The summed E-state index contributed by atoms with van der Waals surface area (Å²) in [6.07, 6.45) is 6.20. The number of morpholine rings is 1. The van der Waals surface area contributed by atoms with Gasteiger partial charge in [-0.3, -0.25) is 10.2 Å². The van der Waals surface area contributed by atoms with Crippen molar-refractivity contribution >= 4 is 27.2 Å². The first-order valence-corrected chi connectivity index (χ1v) is 16.8. The molecule has 3 aromatic heterocycles. The van der Waals surface area contributed by atoms with E-state index in [-0.39, 0.29) is 29.1 Å². The molecule has 0 spiro atoms. The standard InChI is InChI=1S/C30H38N8O6S/c1-42-18-19-44-30(29(39)35-36-14-16-43-17-15-36)11-8-21(9-12-30)25-26(45(2,40)41)27(31)38-28(33-25)23(20-32-38)24-10-13-37(34-24)22-6-4-3-5-7-22/h3-7,10,13,20-21H,8-9,11-12,14-19,31H2,1-2H3,(H,35,39). The Bertz CT molecular complexity index is 1760. The zero-order valence-electron chi connectivity index (χ0n) is 25.4. The molecule has 1 aromatic carbocycles. The number of rotatable bonds is 10. The Morgan fingerprint density at radius 2 is 1.87 bits per heavy atom. The highest BCUT2D eigenvalue weighted by molar-refractivity contribution is 7.91. The molecule has 4 heterocycles. The van der Waals surface area contributed by atoms with Crippen molar-refractivity contribution in [3.05, 3.63) is 54.5 Å². The predicted octanol–water partition coefficient (Wildman–Crippen LogP) is 1.99. The van der Waals surface area contributed by atoms with E-state index in [9.17, 15) is 13.2 Å². The van der Waals surface area contributed by atoms with Crippen molar-refractivity contribution in [1.82, 2.24) is 34.8 Å². The van der Waals surface area contributed by atoms with Crippen LogP contribution in [0.2, 0.25) is 0 Å². The Balaban J connectivity index is 1.33. The van der Waals surface area contributed by atoms with Crippen LogP contribution in [-0.4, -0.2) is 102 Å². The molecule has 6 rings (SSSR count). The van der Waals surface area contributed by atoms with Crippen molar-refractivity contribution in [3.8, 4) is 16.9 Å². The molecule has 4 aromatic rings. The van der Waals surface area contributed by atoms with Crippen molar-refractivity contribution in [2.75, 3.05) is 58.6 Å². The van der Waals surface area contributed by atoms with E-state index >= 15 is 0 Å². The number of ether oxygens (including phenoxy) is 3. The quantitative estimate of drug-likeness (QED) is 0.244. The number of nitrogens with two attached hydrogens (primary N) is 1. The van der Waals surface area contributed by atoms with Gasteiger partial charge in [-0.25, -0.2) is 23.1 Å². The summed E-state index contributed by atoms with van der Waals surface area (Å²) in [6, 6.07) is 11.5. The minimum Gasteiger partial charge on any atom is -0.382 e. The summed E-state index contributed by atoms with van der Waals surface area (Å²) in [5.41, 5.74) is 11.3. The van der Waals surface area contributed by atoms with Gasteiger partial charge in [-0.15, -0.1) is 0 Å². The lowest BCUT2D eigenvalue weighted by Crippen LogP contribution is -2.58. The maximum absolute atomic E-state index is 13.6. The Labute approximate surface area is 261 Å². The molecular formula is C30H38N8O6S. The van der Waals surface area contributed by atoms with Gasteiger partial charge in [-0.05, 0) is 43.9 Å². The molecule has 3 N–H and O–H groups in total. The number of carbonyl (C=O) groups is 1. The van der Waals surface area contributed by atoms with Gasteiger partial charge in [0.15, 0.2) is 15.5 Å². The fourth-order valence-corrected chi connectivity index (χ4v) is 7.14. The lowest BCUT2D eigenvalue weighted by atomic mass is 9.76. The van der Waals surface area contributed by atoms with Gasteiger partial charge in [0.2, 0.25) is 0 Å². The van der Waals surface area contributed by atoms with E-state index in [1.165, 1.54) is 4.52 Å². The molecule has 45 heavy (non-hydrogen) atoms. The van der Waals surface area contributed by atoms with Crippen LogP contribution in [0.4, 0.5) is 5.82 Å². The summed E-state index contributed by atoms with van der Waals surface area (Å²) in [6.45, 7) is 2.83. The maximum atomic E-state index is 13.6. The molecule has 2 aliphatic rings. The molecule has 0 atom stereocenters. The van der Waals surface area contributed by atoms with Gasteiger partial charge < -0.3 is 19.9 Å². The number of nitrogens with zero attached hydrogens (tertiary/aromatic N) is 6. The second kappa shape index (κ2) is 12.8. The minimum absolute atomic E-state index is 0.00974. The van der Waals surface area contributed by atoms with Gasteiger partial charge in [0.1, 0.15) is 16.3 Å². The van der Waals surface area contributed by atoms with E-state index in [0.717, 1.165) is 11.9 Å². The Kier molecular flexibility index (Phi) is 8.88. The smallest absolute Gasteiger partial charge is 0.266 e. The second-order valence-electron chi connectivity index (χ2n) is 11.4. The molecule has 1 saturated heterocycles. The van der Waals surface area contributed by atoms with Gasteiger partial charge in [0.25, 0.3) is 5.91 Å². The Morgan fingerprint density at radius 1 is 1.13 bits per heavy atom. The van der Waals surface area contributed by atoms with E-state index < -0.39 is 15.4 Å². The summed E-state index contributed by atoms with van der Waals surface area (Å²) in [4.78, 5) is 18.5. The predicted molar refractivity (Wildman–Crippen MR) is 165 cm³/mol. The zero-order chi connectivity index (χ0) is 31.6. The van der Waals surface area contributed by atoms with Crippen molar-refractivity contribution in [2.24, 2.45) is 0 Å². The van der Waals surface area contributed by atoms with E-state index in [0.29, 0.717) is 81.2 Å². The molecule has 1 amide bonds. The number of carbonyl (C=O) groups excluding carboxylic acids is 1. The number of aromatic nitrogens is 5. The van der Waals surface area contributed by atoms with Crippen LogP contribution in [0.15, 0.2) is 53.7 Å².